The number of nitrogens with two attached hydrogens (primary N) is 1. The van der Waals surface area contributed by atoms with Crippen LogP contribution in [0.4, 0.5) is 17.2 Å². The highest BCUT2D eigenvalue weighted by Crippen LogP contribution is 2.26. The van der Waals surface area contributed by atoms with Crippen molar-refractivity contribution in [2.45, 2.75) is 0 Å². The summed E-state index contributed by atoms with van der Waals surface area (Å²) in [4.78, 5) is 11.2. The van der Waals surface area contributed by atoms with Gasteiger partial charge in [-0.25, -0.2) is 4.79 Å². The molecule has 3 N–H and O–H groups in total. The second kappa shape index (κ2) is 5.53. The second-order valence-electron chi connectivity index (χ2n) is 3.66. The fourth-order valence-corrected chi connectivity index (χ4v) is 1.55. The summed E-state index contributed by atoms with van der Waals surface area (Å²) in [6.45, 7) is 0. The molecule has 0 spiro atoms. The third kappa shape index (κ3) is 3.11. The molecular weight excluding hydrogens is 268 g/mol. The summed E-state index contributed by atoms with van der Waals surface area (Å²) in [6, 6.07) is 8.15. The first-order valence-electron chi connectivity index (χ1n) is 5.34. The van der Waals surface area contributed by atoms with Gasteiger partial charge in [0.25, 0.3) is 0 Å². The first-order chi connectivity index (χ1) is 9.10. The number of nitrogens with zero attached hydrogens (tertiary/aromatic N) is 2. The van der Waals surface area contributed by atoms with E-state index in [1.807, 2.05) is 0 Å². The molecule has 0 fully saturated rings. The van der Waals surface area contributed by atoms with Gasteiger partial charge in [0, 0.05) is 5.69 Å². The largest absolute Gasteiger partial charge is 0.464 e. The standard InChI is InChI=1S/C12H11ClN4O2/c1-19-12(18)9-4-5-11(17-16-9)15-10-6-7(14)2-3-8(10)13/h2-6H,14H2,1H3,(H,15,17). The molecule has 0 aliphatic heterocycles. The maximum absolute atomic E-state index is 11.2. The Bertz CT molecular complexity index is 601. The Balaban J connectivity index is 2.19. The van der Waals surface area contributed by atoms with Gasteiger partial charge in [-0.2, -0.15) is 0 Å². The van der Waals surface area contributed by atoms with Crippen molar-refractivity contribution in [3.63, 3.8) is 0 Å². The highest BCUT2D eigenvalue weighted by atomic mass is 35.5. The minimum atomic E-state index is -0.541. The smallest absolute Gasteiger partial charge is 0.358 e. The lowest BCUT2D eigenvalue weighted by molar-refractivity contribution is 0.0593. The van der Waals surface area contributed by atoms with Crippen LogP contribution < -0.4 is 11.1 Å². The minimum Gasteiger partial charge on any atom is -0.464 e. The van der Waals surface area contributed by atoms with Crippen molar-refractivity contribution >= 4 is 34.8 Å². The lowest BCUT2D eigenvalue weighted by Gasteiger charge is -2.08. The number of carbonyl (C=O) groups is 1. The van der Waals surface area contributed by atoms with Gasteiger partial charge in [-0.15, -0.1) is 10.2 Å². The summed E-state index contributed by atoms with van der Waals surface area (Å²) >= 11 is 6.01. The van der Waals surface area contributed by atoms with Crippen molar-refractivity contribution in [3.05, 3.63) is 41.0 Å². The summed E-state index contributed by atoms with van der Waals surface area (Å²) in [7, 11) is 1.28. The molecule has 0 radical (unpaired) electrons. The number of nitrogen functional groups attached to an aromatic ring is 1. The molecule has 6 nitrogen and oxygen atoms in total. The number of rotatable bonds is 3. The molecule has 1 aromatic carbocycles. The summed E-state index contributed by atoms with van der Waals surface area (Å²) in [5, 5.41) is 11.1. The van der Waals surface area contributed by atoms with Crippen molar-refractivity contribution in [1.82, 2.24) is 10.2 Å². The van der Waals surface area contributed by atoms with Gasteiger partial charge in [-0.1, -0.05) is 11.6 Å². The fourth-order valence-electron chi connectivity index (χ4n) is 1.39. The lowest BCUT2D eigenvalue weighted by Crippen LogP contribution is -2.06. The van der Waals surface area contributed by atoms with E-state index >= 15 is 0 Å². The quantitative estimate of drug-likeness (QED) is 0.661. The van der Waals surface area contributed by atoms with Crippen molar-refractivity contribution in [1.29, 1.82) is 0 Å². The van der Waals surface area contributed by atoms with Crippen LogP contribution >= 0.6 is 11.6 Å². The van der Waals surface area contributed by atoms with E-state index in [-0.39, 0.29) is 5.69 Å². The Morgan fingerprint density at radius 1 is 1.32 bits per heavy atom. The number of benzene rings is 1. The van der Waals surface area contributed by atoms with Crippen molar-refractivity contribution in [2.75, 3.05) is 18.2 Å². The number of esters is 1. The predicted octanol–water partition coefficient (Wildman–Crippen LogP) is 2.24. The second-order valence-corrected chi connectivity index (χ2v) is 4.07. The molecule has 0 bridgehead atoms. The maximum atomic E-state index is 11.2. The lowest BCUT2D eigenvalue weighted by atomic mass is 10.3. The van der Waals surface area contributed by atoms with E-state index in [1.165, 1.54) is 13.2 Å². The van der Waals surface area contributed by atoms with E-state index in [0.717, 1.165) is 0 Å². The molecule has 0 aliphatic carbocycles. The number of hydrogen-bond acceptors (Lipinski definition) is 6. The normalized spacial score (nSPS) is 10.0. The number of halogens is 1. The van der Waals surface area contributed by atoms with Crippen LogP contribution in [0.25, 0.3) is 0 Å². The Kier molecular flexibility index (Phi) is 3.82. The SMILES string of the molecule is COC(=O)c1ccc(Nc2cc(N)ccc2Cl)nn1. The molecule has 2 aromatic rings. The van der Waals surface area contributed by atoms with Gasteiger partial charge < -0.3 is 15.8 Å². The van der Waals surface area contributed by atoms with Crippen LogP contribution in [0.5, 0.6) is 0 Å². The number of nitrogens with one attached hydrogen (secondary N) is 1. The van der Waals surface area contributed by atoms with Gasteiger partial charge in [0.05, 0.1) is 17.8 Å². The molecule has 1 heterocycles. The van der Waals surface area contributed by atoms with Crippen molar-refractivity contribution in [2.24, 2.45) is 0 Å². The molecule has 98 valence electrons. The molecule has 0 unspecified atom stereocenters. The van der Waals surface area contributed by atoms with Gasteiger partial charge in [-0.3, -0.25) is 0 Å². The molecule has 0 saturated carbocycles. The average Bonchev–Trinajstić information content (AvgIpc) is 2.43. The molecule has 1 aromatic heterocycles. The predicted molar refractivity (Wildman–Crippen MR) is 72.5 cm³/mol. The van der Waals surface area contributed by atoms with Gasteiger partial charge in [0.1, 0.15) is 0 Å². The van der Waals surface area contributed by atoms with Crippen LogP contribution in [0, 0.1) is 0 Å². The summed E-state index contributed by atoms with van der Waals surface area (Å²) in [5.74, 6) is -0.0961. The molecule has 0 saturated heterocycles. The van der Waals surface area contributed by atoms with E-state index in [2.05, 4.69) is 20.3 Å². The molecular formula is C12H11ClN4O2. The zero-order chi connectivity index (χ0) is 13.8. The number of aromatic nitrogens is 2. The number of carbonyl (C=O) groups excluding carboxylic acids is 1. The van der Waals surface area contributed by atoms with Crippen molar-refractivity contribution < 1.29 is 9.53 Å². The van der Waals surface area contributed by atoms with E-state index in [9.17, 15) is 4.79 Å². The van der Waals surface area contributed by atoms with E-state index in [4.69, 9.17) is 17.3 Å². The highest BCUT2D eigenvalue weighted by Gasteiger charge is 2.08. The number of anilines is 3. The Morgan fingerprint density at radius 3 is 2.74 bits per heavy atom. The Morgan fingerprint density at radius 2 is 2.11 bits per heavy atom. The summed E-state index contributed by atoms with van der Waals surface area (Å²) in [6.07, 6.45) is 0. The molecule has 19 heavy (non-hydrogen) atoms. The van der Waals surface area contributed by atoms with Gasteiger partial charge in [0.2, 0.25) is 0 Å². The minimum absolute atomic E-state index is 0.131. The number of hydrogen-bond donors (Lipinski definition) is 2. The zero-order valence-electron chi connectivity index (χ0n) is 10.1. The van der Waals surface area contributed by atoms with Crippen LogP contribution in [0.15, 0.2) is 30.3 Å². The van der Waals surface area contributed by atoms with Crippen LogP contribution in [0.1, 0.15) is 10.5 Å². The van der Waals surface area contributed by atoms with Gasteiger partial charge in [0.15, 0.2) is 11.5 Å². The van der Waals surface area contributed by atoms with E-state index < -0.39 is 5.97 Å². The maximum Gasteiger partial charge on any atom is 0.358 e. The molecule has 0 amide bonds. The highest BCUT2D eigenvalue weighted by molar-refractivity contribution is 6.33. The first-order valence-corrected chi connectivity index (χ1v) is 5.72. The monoisotopic (exact) mass is 278 g/mol. The molecule has 7 heteroatoms. The third-order valence-electron chi connectivity index (χ3n) is 2.31. The summed E-state index contributed by atoms with van der Waals surface area (Å²) in [5.41, 5.74) is 6.99. The molecule has 0 atom stereocenters. The van der Waals surface area contributed by atoms with Gasteiger partial charge >= 0.3 is 5.97 Å². The van der Waals surface area contributed by atoms with E-state index in [0.29, 0.717) is 22.2 Å². The van der Waals surface area contributed by atoms with Crippen LogP contribution in [0.3, 0.4) is 0 Å². The van der Waals surface area contributed by atoms with Crippen LogP contribution in [-0.4, -0.2) is 23.3 Å². The van der Waals surface area contributed by atoms with E-state index in [1.54, 1.807) is 24.3 Å². The van der Waals surface area contributed by atoms with Crippen molar-refractivity contribution in [3.8, 4) is 0 Å². The van der Waals surface area contributed by atoms with Crippen LogP contribution in [0.2, 0.25) is 5.02 Å². The first kappa shape index (κ1) is 13.1. The molecule has 0 aliphatic rings. The average molecular weight is 279 g/mol. The Hall–Kier alpha value is -2.34. The number of ether oxygens (including phenoxy) is 1. The number of methoxy groups -OCH3 is 1. The molecule has 2 rings (SSSR count). The zero-order valence-corrected chi connectivity index (χ0v) is 10.8. The third-order valence-corrected chi connectivity index (χ3v) is 2.64. The topological polar surface area (TPSA) is 90.1 Å². The fraction of sp³-hybridized carbons (Fsp3) is 0.0833. The Labute approximate surface area is 114 Å². The van der Waals surface area contributed by atoms with Crippen LogP contribution in [-0.2, 0) is 4.74 Å². The summed E-state index contributed by atoms with van der Waals surface area (Å²) < 4.78 is 4.53. The van der Waals surface area contributed by atoms with Gasteiger partial charge in [-0.05, 0) is 30.3 Å².